The number of anilines is 1. The number of hydrogen-bond acceptors (Lipinski definition) is 4. The van der Waals surface area contributed by atoms with Crippen LogP contribution >= 0.6 is 0 Å². The third kappa shape index (κ3) is 5.86. The van der Waals surface area contributed by atoms with E-state index in [9.17, 15) is 13.2 Å². The van der Waals surface area contributed by atoms with Gasteiger partial charge in [0, 0.05) is 12.1 Å². The lowest BCUT2D eigenvalue weighted by molar-refractivity contribution is 0.0948. The normalized spacial score (nSPS) is 15.6. The number of aryl methyl sites for hydroxylation is 2. The first-order valence-corrected chi connectivity index (χ1v) is 12.3. The number of nitrogens with one attached hydrogen (secondary N) is 2. The fourth-order valence-electron chi connectivity index (χ4n) is 3.93. The molecule has 0 aromatic heterocycles. The van der Waals surface area contributed by atoms with Crippen molar-refractivity contribution >= 4 is 21.6 Å². The van der Waals surface area contributed by atoms with Crippen molar-refractivity contribution in [2.24, 2.45) is 5.92 Å². The molecule has 6 nitrogen and oxygen atoms in total. The molecule has 1 fully saturated rings. The van der Waals surface area contributed by atoms with E-state index in [0.29, 0.717) is 29.3 Å². The lowest BCUT2D eigenvalue weighted by atomic mass is 9.94. The standard InChI is InChI=1S/C24H33N3O3S/c1-17-6-5-7-22(19(17)3)26-31(29,30)23-16-21(9-8-18(23)2)24(28)25-13-10-20-11-14-27(4)15-12-20/h5-9,16,20,26H,10-15H2,1-4H3,(H,25,28). The SMILES string of the molecule is Cc1ccc(C(=O)NCCC2CCN(C)CC2)cc1S(=O)(=O)Nc1cccc(C)c1C. The summed E-state index contributed by atoms with van der Waals surface area (Å²) >= 11 is 0. The number of amides is 1. The van der Waals surface area contributed by atoms with Gasteiger partial charge in [-0.15, -0.1) is 0 Å². The fraction of sp³-hybridized carbons (Fsp3) is 0.458. The Morgan fingerprint density at radius 3 is 2.48 bits per heavy atom. The maximum atomic E-state index is 13.1. The van der Waals surface area contributed by atoms with Gasteiger partial charge in [0.15, 0.2) is 0 Å². The van der Waals surface area contributed by atoms with E-state index in [1.807, 2.05) is 26.0 Å². The molecule has 0 aliphatic carbocycles. The molecule has 1 aliphatic rings. The van der Waals surface area contributed by atoms with Crippen molar-refractivity contribution in [2.45, 2.75) is 44.9 Å². The Kier molecular flexibility index (Phi) is 7.38. The van der Waals surface area contributed by atoms with Gasteiger partial charge in [0.2, 0.25) is 0 Å². The predicted molar refractivity (Wildman–Crippen MR) is 125 cm³/mol. The quantitative estimate of drug-likeness (QED) is 0.681. The molecule has 2 aromatic carbocycles. The molecule has 3 rings (SSSR count). The molecule has 31 heavy (non-hydrogen) atoms. The summed E-state index contributed by atoms with van der Waals surface area (Å²) in [5.74, 6) is 0.392. The van der Waals surface area contributed by atoms with E-state index in [1.165, 1.54) is 6.07 Å². The summed E-state index contributed by atoms with van der Waals surface area (Å²) in [5.41, 5.74) is 3.39. The van der Waals surface area contributed by atoms with Gasteiger partial charge in [0.1, 0.15) is 0 Å². The molecule has 0 unspecified atom stereocenters. The molecule has 168 valence electrons. The Balaban J connectivity index is 1.68. The molecule has 1 amide bonds. The zero-order valence-electron chi connectivity index (χ0n) is 18.9. The van der Waals surface area contributed by atoms with Crippen molar-refractivity contribution in [1.82, 2.24) is 10.2 Å². The second-order valence-electron chi connectivity index (χ2n) is 8.62. The Labute approximate surface area is 186 Å². The molecule has 1 aliphatic heterocycles. The minimum Gasteiger partial charge on any atom is -0.352 e. The van der Waals surface area contributed by atoms with Gasteiger partial charge in [-0.2, -0.15) is 0 Å². The lowest BCUT2D eigenvalue weighted by Crippen LogP contribution is -2.32. The fourth-order valence-corrected chi connectivity index (χ4v) is 5.33. The highest BCUT2D eigenvalue weighted by atomic mass is 32.2. The maximum absolute atomic E-state index is 13.1. The van der Waals surface area contributed by atoms with E-state index in [2.05, 4.69) is 22.0 Å². The van der Waals surface area contributed by atoms with Crippen LogP contribution in [0.25, 0.3) is 0 Å². The average molecular weight is 444 g/mol. The third-order valence-electron chi connectivity index (χ3n) is 6.27. The minimum atomic E-state index is -3.82. The monoisotopic (exact) mass is 443 g/mol. The van der Waals surface area contributed by atoms with Crippen molar-refractivity contribution in [3.05, 3.63) is 58.7 Å². The second-order valence-corrected chi connectivity index (χ2v) is 10.3. The summed E-state index contributed by atoms with van der Waals surface area (Å²) in [6.45, 7) is 8.36. The van der Waals surface area contributed by atoms with Gasteiger partial charge < -0.3 is 10.2 Å². The van der Waals surface area contributed by atoms with Crippen molar-refractivity contribution in [2.75, 3.05) is 31.4 Å². The molecule has 7 heteroatoms. The van der Waals surface area contributed by atoms with Crippen molar-refractivity contribution in [3.63, 3.8) is 0 Å². The van der Waals surface area contributed by atoms with Crippen molar-refractivity contribution < 1.29 is 13.2 Å². The highest BCUT2D eigenvalue weighted by Crippen LogP contribution is 2.24. The molecule has 2 aromatic rings. The van der Waals surface area contributed by atoms with E-state index in [4.69, 9.17) is 0 Å². The number of nitrogens with zero attached hydrogens (tertiary/aromatic N) is 1. The molecule has 0 radical (unpaired) electrons. The number of carbonyl (C=O) groups excluding carboxylic acids is 1. The maximum Gasteiger partial charge on any atom is 0.262 e. The first-order chi connectivity index (χ1) is 14.7. The van der Waals surface area contributed by atoms with E-state index in [0.717, 1.165) is 43.5 Å². The number of piperidine rings is 1. The molecule has 1 heterocycles. The number of carbonyl (C=O) groups is 1. The van der Waals surface area contributed by atoms with Gasteiger partial charge in [-0.3, -0.25) is 9.52 Å². The molecule has 1 saturated heterocycles. The van der Waals surface area contributed by atoms with E-state index < -0.39 is 10.0 Å². The van der Waals surface area contributed by atoms with Crippen LogP contribution in [-0.4, -0.2) is 45.9 Å². The van der Waals surface area contributed by atoms with Crippen molar-refractivity contribution in [3.8, 4) is 0 Å². The summed E-state index contributed by atoms with van der Waals surface area (Å²) in [7, 11) is -1.68. The zero-order chi connectivity index (χ0) is 22.6. The minimum absolute atomic E-state index is 0.122. The predicted octanol–water partition coefficient (Wildman–Crippen LogP) is 3.87. The number of sulfonamides is 1. The van der Waals surface area contributed by atoms with Crippen LogP contribution in [-0.2, 0) is 10.0 Å². The van der Waals surface area contributed by atoms with Crippen LogP contribution in [0.1, 0.15) is 46.3 Å². The van der Waals surface area contributed by atoms with E-state index >= 15 is 0 Å². The molecule has 0 saturated carbocycles. The zero-order valence-corrected chi connectivity index (χ0v) is 19.7. The molecule has 0 bridgehead atoms. The number of benzene rings is 2. The van der Waals surface area contributed by atoms with Crippen LogP contribution in [0.4, 0.5) is 5.69 Å². The molecular weight excluding hydrogens is 410 g/mol. The van der Waals surface area contributed by atoms with Crippen LogP contribution in [0.2, 0.25) is 0 Å². The Morgan fingerprint density at radius 2 is 1.77 bits per heavy atom. The Morgan fingerprint density at radius 1 is 1.06 bits per heavy atom. The smallest absolute Gasteiger partial charge is 0.262 e. The summed E-state index contributed by atoms with van der Waals surface area (Å²) in [6, 6.07) is 10.3. The lowest BCUT2D eigenvalue weighted by Gasteiger charge is -2.28. The highest BCUT2D eigenvalue weighted by molar-refractivity contribution is 7.92. The van der Waals surface area contributed by atoms with Crippen LogP contribution in [0, 0.1) is 26.7 Å². The summed E-state index contributed by atoms with van der Waals surface area (Å²) < 4.78 is 28.8. The highest BCUT2D eigenvalue weighted by Gasteiger charge is 2.21. The van der Waals surface area contributed by atoms with Gasteiger partial charge in [0.05, 0.1) is 10.6 Å². The number of rotatable bonds is 7. The third-order valence-corrected chi connectivity index (χ3v) is 7.77. The summed E-state index contributed by atoms with van der Waals surface area (Å²) in [4.78, 5) is 15.1. The van der Waals surface area contributed by atoms with E-state index in [-0.39, 0.29) is 10.8 Å². The Bertz CT molecular complexity index is 1040. The molecule has 0 spiro atoms. The Hall–Kier alpha value is -2.38. The first kappa shape index (κ1) is 23.3. The summed E-state index contributed by atoms with van der Waals surface area (Å²) in [5, 5.41) is 2.95. The average Bonchev–Trinajstić information content (AvgIpc) is 2.73. The number of hydrogen-bond donors (Lipinski definition) is 2. The van der Waals surface area contributed by atoms with E-state index in [1.54, 1.807) is 25.1 Å². The molecular formula is C24H33N3O3S. The van der Waals surface area contributed by atoms with Crippen molar-refractivity contribution in [1.29, 1.82) is 0 Å². The van der Waals surface area contributed by atoms with Crippen LogP contribution in [0.15, 0.2) is 41.3 Å². The van der Waals surface area contributed by atoms with Crippen LogP contribution in [0.3, 0.4) is 0 Å². The van der Waals surface area contributed by atoms with Crippen LogP contribution < -0.4 is 10.0 Å². The molecule has 2 N–H and O–H groups in total. The largest absolute Gasteiger partial charge is 0.352 e. The van der Waals surface area contributed by atoms with Gasteiger partial charge in [-0.1, -0.05) is 18.2 Å². The van der Waals surface area contributed by atoms with Gasteiger partial charge in [-0.05, 0) is 101 Å². The van der Waals surface area contributed by atoms with Gasteiger partial charge in [0.25, 0.3) is 15.9 Å². The van der Waals surface area contributed by atoms with Gasteiger partial charge >= 0.3 is 0 Å². The first-order valence-electron chi connectivity index (χ1n) is 10.8. The number of likely N-dealkylation sites (tertiary alicyclic amines) is 1. The van der Waals surface area contributed by atoms with Crippen LogP contribution in [0.5, 0.6) is 0 Å². The topological polar surface area (TPSA) is 78.5 Å². The molecule has 0 atom stereocenters. The van der Waals surface area contributed by atoms with Gasteiger partial charge in [-0.25, -0.2) is 8.42 Å². The second kappa shape index (κ2) is 9.83. The summed E-state index contributed by atoms with van der Waals surface area (Å²) in [6.07, 6.45) is 3.26.